The van der Waals surface area contributed by atoms with Gasteiger partial charge in [-0.05, 0) is 48.0 Å². The van der Waals surface area contributed by atoms with Crippen molar-refractivity contribution in [1.29, 1.82) is 5.26 Å². The molecule has 1 heterocycles. The number of nitrogens with one attached hydrogen (secondary N) is 2. The molecule has 26 heavy (non-hydrogen) atoms. The van der Waals surface area contributed by atoms with Crippen LogP contribution in [0.15, 0.2) is 60.7 Å². The van der Waals surface area contributed by atoms with Crippen LogP contribution in [-0.2, 0) is 6.54 Å². The van der Waals surface area contributed by atoms with Gasteiger partial charge in [0.1, 0.15) is 5.82 Å². The lowest BCUT2D eigenvalue weighted by Gasteiger charge is -2.08. The van der Waals surface area contributed by atoms with E-state index in [1.54, 1.807) is 36.4 Å². The number of carbonyl (C=O) groups is 1. The molecule has 1 amide bonds. The monoisotopic (exact) mass is 363 g/mol. The first-order valence-corrected chi connectivity index (χ1v) is 8.16. The Morgan fingerprint density at radius 2 is 1.81 bits per heavy atom. The standard InChI is InChI=1S/C19H14ClN5O/c20-16-4-2-1-3-14(16)12-22-18-10-9-17(24-25-18)19(26)23-15-7-5-13(11-21)6-8-15/h1-10H,12H2,(H,22,25)(H,23,26). The zero-order chi connectivity index (χ0) is 18.4. The van der Waals surface area contributed by atoms with Crippen molar-refractivity contribution in [3.8, 4) is 6.07 Å². The number of nitriles is 1. The Bertz CT molecular complexity index is 949. The van der Waals surface area contributed by atoms with E-state index < -0.39 is 0 Å². The molecule has 2 aromatic carbocycles. The molecule has 128 valence electrons. The average molecular weight is 364 g/mol. The number of anilines is 2. The number of amides is 1. The van der Waals surface area contributed by atoms with E-state index in [1.807, 2.05) is 30.3 Å². The molecule has 3 rings (SSSR count). The van der Waals surface area contributed by atoms with Gasteiger partial charge in [-0.2, -0.15) is 5.26 Å². The van der Waals surface area contributed by atoms with Crippen LogP contribution in [0, 0.1) is 11.3 Å². The molecule has 2 N–H and O–H groups in total. The summed E-state index contributed by atoms with van der Waals surface area (Å²) in [5.41, 5.74) is 2.24. The first kappa shape index (κ1) is 17.4. The Labute approximate surface area is 155 Å². The Morgan fingerprint density at radius 3 is 2.46 bits per heavy atom. The van der Waals surface area contributed by atoms with E-state index in [9.17, 15) is 4.79 Å². The molecule has 0 fully saturated rings. The predicted octanol–water partition coefficient (Wildman–Crippen LogP) is 3.87. The summed E-state index contributed by atoms with van der Waals surface area (Å²) < 4.78 is 0. The maximum Gasteiger partial charge on any atom is 0.276 e. The summed E-state index contributed by atoms with van der Waals surface area (Å²) in [5.74, 6) is 0.166. The quantitative estimate of drug-likeness (QED) is 0.718. The highest BCUT2D eigenvalue weighted by atomic mass is 35.5. The minimum atomic E-state index is -0.375. The molecule has 3 aromatic rings. The molecule has 7 heteroatoms. The fourth-order valence-electron chi connectivity index (χ4n) is 2.20. The van der Waals surface area contributed by atoms with E-state index in [0.29, 0.717) is 28.6 Å². The molecular formula is C19H14ClN5O. The van der Waals surface area contributed by atoms with E-state index in [2.05, 4.69) is 20.8 Å². The third-order valence-corrected chi connectivity index (χ3v) is 3.96. The van der Waals surface area contributed by atoms with Gasteiger partial charge in [0.25, 0.3) is 5.91 Å². The van der Waals surface area contributed by atoms with Crippen molar-refractivity contribution in [1.82, 2.24) is 10.2 Å². The first-order chi connectivity index (χ1) is 12.7. The van der Waals surface area contributed by atoms with Gasteiger partial charge in [-0.25, -0.2) is 0 Å². The molecule has 0 spiro atoms. The fraction of sp³-hybridized carbons (Fsp3) is 0.0526. The maximum atomic E-state index is 12.2. The number of aromatic nitrogens is 2. The van der Waals surface area contributed by atoms with Crippen LogP contribution in [0.5, 0.6) is 0 Å². The van der Waals surface area contributed by atoms with Gasteiger partial charge in [-0.1, -0.05) is 29.8 Å². The molecule has 0 aliphatic heterocycles. The van der Waals surface area contributed by atoms with Crippen molar-refractivity contribution in [3.05, 3.63) is 82.5 Å². The molecule has 0 radical (unpaired) electrons. The predicted molar refractivity (Wildman–Crippen MR) is 99.9 cm³/mol. The molecule has 0 aliphatic rings. The van der Waals surface area contributed by atoms with Gasteiger partial charge in [-0.3, -0.25) is 4.79 Å². The highest BCUT2D eigenvalue weighted by molar-refractivity contribution is 6.31. The third-order valence-electron chi connectivity index (χ3n) is 3.59. The van der Waals surface area contributed by atoms with Gasteiger partial charge in [0, 0.05) is 17.3 Å². The lowest BCUT2D eigenvalue weighted by Crippen LogP contribution is -2.15. The molecule has 1 aromatic heterocycles. The maximum absolute atomic E-state index is 12.2. The summed E-state index contributed by atoms with van der Waals surface area (Å²) in [5, 5.41) is 23.2. The van der Waals surface area contributed by atoms with E-state index in [-0.39, 0.29) is 11.6 Å². The van der Waals surface area contributed by atoms with Gasteiger partial charge in [0.05, 0.1) is 11.6 Å². The van der Waals surface area contributed by atoms with Crippen molar-refractivity contribution in [2.24, 2.45) is 0 Å². The van der Waals surface area contributed by atoms with Crippen molar-refractivity contribution >= 4 is 29.0 Å². The number of benzene rings is 2. The summed E-state index contributed by atoms with van der Waals surface area (Å²) in [4.78, 5) is 12.2. The smallest absolute Gasteiger partial charge is 0.276 e. The van der Waals surface area contributed by atoms with Crippen LogP contribution < -0.4 is 10.6 Å². The first-order valence-electron chi connectivity index (χ1n) is 7.78. The van der Waals surface area contributed by atoms with Crippen LogP contribution in [0.1, 0.15) is 21.6 Å². The molecule has 0 atom stereocenters. The van der Waals surface area contributed by atoms with Gasteiger partial charge in [-0.15, -0.1) is 10.2 Å². The van der Waals surface area contributed by atoms with E-state index in [4.69, 9.17) is 16.9 Å². The molecule has 0 saturated carbocycles. The minimum Gasteiger partial charge on any atom is -0.364 e. The van der Waals surface area contributed by atoms with Crippen LogP contribution in [0.2, 0.25) is 5.02 Å². The van der Waals surface area contributed by atoms with Crippen molar-refractivity contribution < 1.29 is 4.79 Å². The van der Waals surface area contributed by atoms with Crippen LogP contribution >= 0.6 is 11.6 Å². The zero-order valence-corrected chi connectivity index (χ0v) is 14.4. The number of hydrogen-bond acceptors (Lipinski definition) is 5. The number of rotatable bonds is 5. The number of hydrogen-bond donors (Lipinski definition) is 2. The SMILES string of the molecule is N#Cc1ccc(NC(=O)c2ccc(NCc3ccccc3Cl)nn2)cc1. The van der Waals surface area contributed by atoms with Crippen LogP contribution in [0.3, 0.4) is 0 Å². The second-order valence-electron chi connectivity index (χ2n) is 5.39. The van der Waals surface area contributed by atoms with E-state index in [1.165, 1.54) is 0 Å². The third kappa shape index (κ3) is 4.35. The van der Waals surface area contributed by atoms with Crippen LogP contribution in [-0.4, -0.2) is 16.1 Å². The molecule has 0 saturated heterocycles. The Hall–Kier alpha value is -3.43. The van der Waals surface area contributed by atoms with Crippen LogP contribution in [0.4, 0.5) is 11.5 Å². The largest absolute Gasteiger partial charge is 0.364 e. The van der Waals surface area contributed by atoms with Gasteiger partial charge >= 0.3 is 0 Å². The van der Waals surface area contributed by atoms with Gasteiger partial charge in [0.15, 0.2) is 5.69 Å². The zero-order valence-electron chi connectivity index (χ0n) is 13.6. The van der Waals surface area contributed by atoms with E-state index >= 15 is 0 Å². The Balaban J connectivity index is 1.60. The molecular weight excluding hydrogens is 350 g/mol. The number of carbonyl (C=O) groups excluding carboxylic acids is 1. The van der Waals surface area contributed by atoms with E-state index in [0.717, 1.165) is 5.56 Å². The molecule has 0 bridgehead atoms. The summed E-state index contributed by atoms with van der Waals surface area (Å²) in [6.07, 6.45) is 0. The summed E-state index contributed by atoms with van der Waals surface area (Å²) in [6.45, 7) is 0.505. The highest BCUT2D eigenvalue weighted by Crippen LogP contribution is 2.16. The topological polar surface area (TPSA) is 90.7 Å². The normalized spacial score (nSPS) is 10.0. The Kier molecular flexibility index (Phi) is 5.42. The molecule has 6 nitrogen and oxygen atoms in total. The fourth-order valence-corrected chi connectivity index (χ4v) is 2.40. The summed E-state index contributed by atoms with van der Waals surface area (Å²) >= 11 is 6.11. The van der Waals surface area contributed by atoms with Crippen molar-refractivity contribution in [3.63, 3.8) is 0 Å². The van der Waals surface area contributed by atoms with Crippen LogP contribution in [0.25, 0.3) is 0 Å². The second kappa shape index (κ2) is 8.10. The second-order valence-corrected chi connectivity index (χ2v) is 5.80. The average Bonchev–Trinajstić information content (AvgIpc) is 2.68. The van der Waals surface area contributed by atoms with Gasteiger partial charge < -0.3 is 10.6 Å². The summed E-state index contributed by atoms with van der Waals surface area (Å²) in [7, 11) is 0. The number of nitrogens with zero attached hydrogens (tertiary/aromatic N) is 3. The summed E-state index contributed by atoms with van der Waals surface area (Å²) in [6, 6.07) is 19.4. The van der Waals surface area contributed by atoms with Gasteiger partial charge in [0.2, 0.25) is 0 Å². The minimum absolute atomic E-state index is 0.192. The Morgan fingerprint density at radius 1 is 1.04 bits per heavy atom. The number of halogens is 1. The van der Waals surface area contributed by atoms with Crippen molar-refractivity contribution in [2.45, 2.75) is 6.54 Å². The van der Waals surface area contributed by atoms with Crippen molar-refractivity contribution in [2.75, 3.05) is 10.6 Å². The lowest BCUT2D eigenvalue weighted by atomic mass is 10.2. The molecule has 0 aliphatic carbocycles. The highest BCUT2D eigenvalue weighted by Gasteiger charge is 2.09. The lowest BCUT2D eigenvalue weighted by molar-refractivity contribution is 0.102. The molecule has 0 unspecified atom stereocenters.